The fraction of sp³-hybridized carbons (Fsp3) is 0.250. The van der Waals surface area contributed by atoms with E-state index < -0.39 is 0 Å². The Morgan fingerprint density at radius 1 is 1.21 bits per heavy atom. The number of thiazole rings is 1. The molecule has 1 N–H and O–H groups in total. The summed E-state index contributed by atoms with van der Waals surface area (Å²) in [5.74, 6) is 1.63. The van der Waals surface area contributed by atoms with Gasteiger partial charge in [0.2, 0.25) is 5.91 Å². The molecule has 0 bridgehead atoms. The number of unbranched alkanes of at least 4 members (excludes halogenated alkanes) is 1. The van der Waals surface area contributed by atoms with E-state index in [1.807, 2.05) is 53.1 Å². The van der Waals surface area contributed by atoms with E-state index in [0.717, 1.165) is 40.2 Å². The summed E-state index contributed by atoms with van der Waals surface area (Å²) in [6.07, 6.45) is 3.92. The van der Waals surface area contributed by atoms with Crippen molar-refractivity contribution in [2.45, 2.75) is 31.5 Å². The van der Waals surface area contributed by atoms with Crippen molar-refractivity contribution in [1.29, 1.82) is 0 Å². The van der Waals surface area contributed by atoms with E-state index in [9.17, 15) is 4.79 Å². The fourth-order valence-electron chi connectivity index (χ4n) is 3.15. The zero-order valence-corrected chi connectivity index (χ0v) is 20.0. The molecule has 4 rings (SSSR count). The third-order valence-corrected chi connectivity index (χ3v) is 6.70. The number of hydrogen-bond acceptors (Lipinski definition) is 7. The minimum absolute atomic E-state index is 0.137. The maximum atomic E-state index is 12.5. The predicted molar refractivity (Wildman–Crippen MR) is 135 cm³/mol. The molecular formula is C24H25N5O2S2. The van der Waals surface area contributed by atoms with E-state index in [4.69, 9.17) is 4.74 Å². The highest BCUT2D eigenvalue weighted by Crippen LogP contribution is 2.28. The molecular weight excluding hydrogens is 454 g/mol. The molecule has 7 nitrogen and oxygen atoms in total. The Morgan fingerprint density at radius 2 is 2.03 bits per heavy atom. The number of nitrogens with one attached hydrogen (secondary N) is 1. The molecule has 2 aromatic heterocycles. The number of hydrogen-bond donors (Lipinski definition) is 1. The molecule has 0 aliphatic rings. The van der Waals surface area contributed by atoms with Crippen LogP contribution in [0.3, 0.4) is 0 Å². The van der Waals surface area contributed by atoms with Crippen LogP contribution in [0.1, 0.15) is 19.8 Å². The van der Waals surface area contributed by atoms with Crippen LogP contribution in [0, 0.1) is 0 Å². The number of para-hydroxylation sites is 1. The van der Waals surface area contributed by atoms with Crippen molar-refractivity contribution in [1.82, 2.24) is 19.7 Å². The quantitative estimate of drug-likeness (QED) is 0.170. The van der Waals surface area contributed by atoms with Gasteiger partial charge in [0, 0.05) is 12.1 Å². The Labute approximate surface area is 200 Å². The summed E-state index contributed by atoms with van der Waals surface area (Å²) in [5, 5.41) is 12.8. The second-order valence-corrected chi connectivity index (χ2v) is 9.23. The molecule has 0 aliphatic carbocycles. The smallest absolute Gasteiger partial charge is 0.236 e. The van der Waals surface area contributed by atoms with Crippen LogP contribution in [0.25, 0.3) is 21.6 Å². The van der Waals surface area contributed by atoms with Crippen molar-refractivity contribution in [2.75, 3.05) is 17.7 Å². The maximum Gasteiger partial charge on any atom is 0.236 e. The SMILES string of the molecule is C=CCn1c(SCC(=O)Nc2nc3ccccc3s2)nnc1-c1ccc(OCCCC)cc1. The number of ether oxygens (including phenoxy) is 1. The number of benzene rings is 2. The normalized spacial score (nSPS) is 10.9. The number of nitrogens with zero attached hydrogens (tertiary/aromatic N) is 4. The Balaban J connectivity index is 1.41. The lowest BCUT2D eigenvalue weighted by Crippen LogP contribution is -2.14. The van der Waals surface area contributed by atoms with Gasteiger partial charge >= 0.3 is 0 Å². The Morgan fingerprint density at radius 3 is 2.79 bits per heavy atom. The molecule has 0 atom stereocenters. The minimum atomic E-state index is -0.137. The van der Waals surface area contributed by atoms with Gasteiger partial charge in [-0.3, -0.25) is 9.36 Å². The van der Waals surface area contributed by atoms with Crippen molar-refractivity contribution in [2.24, 2.45) is 0 Å². The highest BCUT2D eigenvalue weighted by atomic mass is 32.2. The van der Waals surface area contributed by atoms with E-state index in [2.05, 4.69) is 34.0 Å². The van der Waals surface area contributed by atoms with Crippen LogP contribution in [0.15, 0.2) is 66.3 Å². The first kappa shape index (κ1) is 23.0. The summed E-state index contributed by atoms with van der Waals surface area (Å²) in [5.41, 5.74) is 1.81. The van der Waals surface area contributed by atoms with Crippen molar-refractivity contribution in [3.05, 3.63) is 61.2 Å². The van der Waals surface area contributed by atoms with Gasteiger partial charge in [-0.2, -0.15) is 0 Å². The number of amides is 1. The zero-order chi connectivity index (χ0) is 23.0. The molecule has 0 saturated carbocycles. The lowest BCUT2D eigenvalue weighted by Gasteiger charge is -2.09. The topological polar surface area (TPSA) is 81.9 Å². The van der Waals surface area contributed by atoms with Gasteiger partial charge in [-0.15, -0.1) is 16.8 Å². The number of carbonyl (C=O) groups excluding carboxylic acids is 1. The van der Waals surface area contributed by atoms with E-state index in [1.54, 1.807) is 6.08 Å². The molecule has 2 heterocycles. The average molecular weight is 480 g/mol. The minimum Gasteiger partial charge on any atom is -0.494 e. The summed E-state index contributed by atoms with van der Waals surface area (Å²) >= 11 is 2.79. The Hall–Kier alpha value is -3.17. The second kappa shape index (κ2) is 11.1. The van der Waals surface area contributed by atoms with Crippen LogP contribution in [-0.2, 0) is 11.3 Å². The number of aromatic nitrogens is 4. The van der Waals surface area contributed by atoms with Crippen molar-refractivity contribution in [3.63, 3.8) is 0 Å². The summed E-state index contributed by atoms with van der Waals surface area (Å²) in [7, 11) is 0. The van der Waals surface area contributed by atoms with Crippen molar-refractivity contribution < 1.29 is 9.53 Å². The number of thioether (sulfide) groups is 1. The monoisotopic (exact) mass is 479 g/mol. The molecule has 0 unspecified atom stereocenters. The molecule has 170 valence electrons. The Bertz CT molecular complexity index is 1200. The summed E-state index contributed by atoms with van der Waals surface area (Å²) in [6, 6.07) is 15.6. The number of rotatable bonds is 11. The summed E-state index contributed by atoms with van der Waals surface area (Å²) in [4.78, 5) is 16.9. The van der Waals surface area contributed by atoms with E-state index in [-0.39, 0.29) is 11.7 Å². The van der Waals surface area contributed by atoms with Crippen LogP contribution < -0.4 is 10.1 Å². The molecule has 0 spiro atoms. The lowest BCUT2D eigenvalue weighted by molar-refractivity contribution is -0.113. The molecule has 33 heavy (non-hydrogen) atoms. The van der Waals surface area contributed by atoms with Gasteiger partial charge in [-0.1, -0.05) is 54.7 Å². The molecule has 9 heteroatoms. The predicted octanol–water partition coefficient (Wildman–Crippen LogP) is 5.65. The molecule has 0 saturated heterocycles. The van der Waals surface area contributed by atoms with Crippen LogP contribution in [-0.4, -0.2) is 38.0 Å². The number of carbonyl (C=O) groups is 1. The molecule has 0 fully saturated rings. The molecule has 0 radical (unpaired) electrons. The van der Waals surface area contributed by atoms with Crippen molar-refractivity contribution in [3.8, 4) is 17.1 Å². The third-order valence-electron chi connectivity index (χ3n) is 4.78. The third kappa shape index (κ3) is 5.80. The van der Waals surface area contributed by atoms with Gasteiger partial charge in [-0.05, 0) is 42.8 Å². The largest absolute Gasteiger partial charge is 0.494 e. The first-order valence-corrected chi connectivity index (χ1v) is 12.5. The van der Waals surface area contributed by atoms with Crippen LogP contribution >= 0.6 is 23.1 Å². The zero-order valence-electron chi connectivity index (χ0n) is 18.4. The van der Waals surface area contributed by atoms with Gasteiger partial charge in [0.1, 0.15) is 5.75 Å². The van der Waals surface area contributed by atoms with Gasteiger partial charge in [0.15, 0.2) is 16.1 Å². The highest BCUT2D eigenvalue weighted by Gasteiger charge is 2.16. The summed E-state index contributed by atoms with van der Waals surface area (Å²) in [6.45, 7) is 7.24. The first-order chi connectivity index (χ1) is 16.2. The van der Waals surface area contributed by atoms with E-state index in [1.165, 1.54) is 23.1 Å². The molecule has 4 aromatic rings. The number of anilines is 1. The average Bonchev–Trinajstić information content (AvgIpc) is 3.42. The Kier molecular flexibility index (Phi) is 7.74. The maximum absolute atomic E-state index is 12.5. The standard InChI is InChI=1S/C24H25N5O2S2/c1-3-5-15-31-18-12-10-17(11-13-18)22-27-28-24(29(22)14-4-2)32-16-21(30)26-23-25-19-8-6-7-9-20(19)33-23/h4,6-13H,2-3,5,14-16H2,1H3,(H,25,26,30). The van der Waals surface area contributed by atoms with E-state index in [0.29, 0.717) is 23.4 Å². The van der Waals surface area contributed by atoms with Gasteiger partial charge in [0.05, 0.1) is 22.6 Å². The molecule has 0 aliphatic heterocycles. The molecule has 1 amide bonds. The van der Waals surface area contributed by atoms with Crippen LogP contribution in [0.5, 0.6) is 5.75 Å². The fourth-order valence-corrected chi connectivity index (χ4v) is 4.78. The van der Waals surface area contributed by atoms with Crippen LogP contribution in [0.2, 0.25) is 0 Å². The second-order valence-electron chi connectivity index (χ2n) is 7.26. The lowest BCUT2D eigenvalue weighted by atomic mass is 10.2. The van der Waals surface area contributed by atoms with Gasteiger partial charge in [-0.25, -0.2) is 4.98 Å². The van der Waals surface area contributed by atoms with Gasteiger partial charge in [0.25, 0.3) is 0 Å². The number of fused-ring (bicyclic) bond motifs is 1. The number of allylic oxidation sites excluding steroid dienone is 1. The van der Waals surface area contributed by atoms with E-state index >= 15 is 0 Å². The molecule has 2 aromatic carbocycles. The van der Waals surface area contributed by atoms with Crippen LogP contribution in [0.4, 0.5) is 5.13 Å². The van der Waals surface area contributed by atoms with Gasteiger partial charge < -0.3 is 10.1 Å². The first-order valence-electron chi connectivity index (χ1n) is 10.7. The van der Waals surface area contributed by atoms with Crippen molar-refractivity contribution >= 4 is 44.4 Å². The summed E-state index contributed by atoms with van der Waals surface area (Å²) < 4.78 is 8.73. The highest BCUT2D eigenvalue weighted by molar-refractivity contribution is 7.99.